The molecule has 1 N–H and O–H groups in total. The summed E-state index contributed by atoms with van der Waals surface area (Å²) in [5.74, 6) is 0.959. The van der Waals surface area contributed by atoms with Crippen LogP contribution >= 0.6 is 11.3 Å². The van der Waals surface area contributed by atoms with Crippen LogP contribution in [0.2, 0.25) is 0 Å². The van der Waals surface area contributed by atoms with E-state index in [2.05, 4.69) is 33.6 Å². The number of rotatable bonds is 9. The number of carbonyl (C=O) groups excluding carboxylic acids is 2. The Morgan fingerprint density at radius 2 is 2.11 bits per heavy atom. The van der Waals surface area contributed by atoms with Crippen LogP contribution in [0.25, 0.3) is 11.1 Å². The van der Waals surface area contributed by atoms with Gasteiger partial charge in [0.2, 0.25) is 0 Å². The van der Waals surface area contributed by atoms with Crippen LogP contribution in [0.3, 0.4) is 0 Å². The molecule has 1 amide bonds. The Morgan fingerprint density at radius 1 is 1.24 bits per heavy atom. The number of aryl methyl sites for hydroxylation is 1. The fourth-order valence-electron chi connectivity index (χ4n) is 4.83. The minimum absolute atomic E-state index is 0.0472. The Kier molecular flexibility index (Phi) is 7.15. The zero-order valence-corrected chi connectivity index (χ0v) is 22.4. The van der Waals surface area contributed by atoms with Crippen LogP contribution in [-0.4, -0.2) is 45.1 Å². The van der Waals surface area contributed by atoms with Crippen molar-refractivity contribution in [2.24, 2.45) is 0 Å². The summed E-state index contributed by atoms with van der Waals surface area (Å²) in [6.07, 6.45) is 11.6. The summed E-state index contributed by atoms with van der Waals surface area (Å²) in [6.45, 7) is 7.97. The normalized spacial score (nSPS) is 16.3. The van der Waals surface area contributed by atoms with Gasteiger partial charge in [-0.25, -0.2) is 4.98 Å². The minimum Gasteiger partial charge on any atom is -0.490 e. The number of ketones is 1. The molecule has 8 nitrogen and oxygen atoms in total. The number of anilines is 2. The fourth-order valence-corrected chi connectivity index (χ4v) is 5.85. The molecule has 9 heteroatoms. The predicted molar refractivity (Wildman–Crippen MR) is 146 cm³/mol. The average molecular weight is 520 g/mol. The summed E-state index contributed by atoms with van der Waals surface area (Å²) < 4.78 is 7.91. The zero-order chi connectivity index (χ0) is 26.0. The molecule has 0 fully saturated rings. The molecule has 3 aromatic rings. The van der Waals surface area contributed by atoms with E-state index in [1.165, 1.54) is 11.3 Å². The number of aromatic nitrogens is 3. The van der Waals surface area contributed by atoms with Gasteiger partial charge in [-0.05, 0) is 57.4 Å². The van der Waals surface area contributed by atoms with Gasteiger partial charge in [0, 0.05) is 36.7 Å². The smallest absolute Gasteiger partial charge is 0.263 e. The molecule has 2 aliphatic rings. The van der Waals surface area contributed by atoms with Gasteiger partial charge >= 0.3 is 0 Å². The lowest BCUT2D eigenvalue weighted by Gasteiger charge is -2.29. The average Bonchev–Trinajstić information content (AvgIpc) is 3.50. The van der Waals surface area contributed by atoms with Crippen molar-refractivity contribution in [3.05, 3.63) is 53.3 Å². The second-order valence-electron chi connectivity index (χ2n) is 10.2. The van der Waals surface area contributed by atoms with Crippen molar-refractivity contribution < 1.29 is 14.3 Å². The summed E-state index contributed by atoms with van der Waals surface area (Å²) in [5.41, 5.74) is 3.61. The molecule has 2 aromatic heterocycles. The minimum atomic E-state index is -0.296. The van der Waals surface area contributed by atoms with Gasteiger partial charge in [0.05, 0.1) is 24.1 Å². The van der Waals surface area contributed by atoms with Gasteiger partial charge in [0.25, 0.3) is 5.91 Å². The van der Waals surface area contributed by atoms with Crippen molar-refractivity contribution in [2.45, 2.75) is 65.0 Å². The molecule has 0 atom stereocenters. The van der Waals surface area contributed by atoms with Gasteiger partial charge in [-0.3, -0.25) is 14.3 Å². The Hall–Kier alpha value is -3.46. The number of nitrogens with zero attached hydrogens (tertiary/aromatic N) is 4. The molecule has 37 heavy (non-hydrogen) atoms. The molecule has 0 unspecified atom stereocenters. The van der Waals surface area contributed by atoms with Gasteiger partial charge < -0.3 is 15.0 Å². The standard InChI is InChI=1S/C28H33N5O3S/c1-4-8-21(34)9-6-5-7-12-32-18-20(17-29-32)19-10-11-24-23(15-19)33(13-14-36-24)27-30-22-16-28(2,3)31-26(35)25(22)37-27/h4,8,10-11,15,17-18H,5-7,9,12-14,16H2,1-3H3,(H,31,35)/b8-4+. The number of unbranched alkanes of at least 4 members (excludes halogenated alkanes) is 2. The highest BCUT2D eigenvalue weighted by molar-refractivity contribution is 7.17. The van der Waals surface area contributed by atoms with E-state index in [0.717, 1.165) is 59.2 Å². The maximum atomic E-state index is 12.6. The lowest BCUT2D eigenvalue weighted by molar-refractivity contribution is -0.114. The maximum absolute atomic E-state index is 12.6. The molecule has 194 valence electrons. The molecule has 0 aliphatic carbocycles. The maximum Gasteiger partial charge on any atom is 0.263 e. The topological polar surface area (TPSA) is 89.4 Å². The summed E-state index contributed by atoms with van der Waals surface area (Å²) in [7, 11) is 0. The molecular formula is C28H33N5O3S. The number of thiazole rings is 1. The number of ether oxygens (including phenoxy) is 1. The second kappa shape index (κ2) is 10.5. The summed E-state index contributed by atoms with van der Waals surface area (Å²) >= 11 is 1.44. The molecule has 0 radical (unpaired) electrons. The lowest BCUT2D eigenvalue weighted by Crippen LogP contribution is -2.48. The van der Waals surface area contributed by atoms with E-state index in [-0.39, 0.29) is 17.2 Å². The molecule has 0 spiro atoms. The van der Waals surface area contributed by atoms with Crippen LogP contribution in [-0.2, 0) is 17.8 Å². The van der Waals surface area contributed by atoms with Gasteiger partial charge in [-0.15, -0.1) is 0 Å². The summed E-state index contributed by atoms with van der Waals surface area (Å²) in [4.78, 5) is 32.0. The van der Waals surface area contributed by atoms with Gasteiger partial charge in [-0.2, -0.15) is 5.10 Å². The first-order valence-corrected chi connectivity index (χ1v) is 13.7. The van der Waals surface area contributed by atoms with Crippen LogP contribution < -0.4 is 15.0 Å². The molecule has 0 saturated carbocycles. The van der Waals surface area contributed by atoms with Crippen LogP contribution in [0.4, 0.5) is 10.8 Å². The monoisotopic (exact) mass is 519 g/mol. The SMILES string of the molecule is C/C=C/C(=O)CCCCCn1cc(-c2ccc3c(c2)N(c2nc4c(s2)C(=O)NC(C)(C)C4)CCO3)cn1. The van der Waals surface area contributed by atoms with E-state index in [1.54, 1.807) is 12.2 Å². The molecule has 4 heterocycles. The highest BCUT2D eigenvalue weighted by Crippen LogP contribution is 2.42. The van der Waals surface area contributed by atoms with Crippen molar-refractivity contribution in [3.63, 3.8) is 0 Å². The second-order valence-corrected chi connectivity index (χ2v) is 11.2. The molecule has 5 rings (SSSR count). The number of nitrogens with one attached hydrogen (secondary N) is 1. The molecule has 2 aliphatic heterocycles. The van der Waals surface area contributed by atoms with Crippen LogP contribution in [0, 0.1) is 0 Å². The largest absolute Gasteiger partial charge is 0.490 e. The Labute approximate surface area is 221 Å². The van der Waals surface area contributed by atoms with Crippen molar-refractivity contribution in [1.82, 2.24) is 20.1 Å². The molecule has 1 aromatic carbocycles. The van der Waals surface area contributed by atoms with Gasteiger partial charge in [0.15, 0.2) is 10.9 Å². The van der Waals surface area contributed by atoms with Gasteiger partial charge in [0.1, 0.15) is 17.2 Å². The molecule has 0 saturated heterocycles. The quantitative estimate of drug-likeness (QED) is 0.305. The van der Waals surface area contributed by atoms with Crippen LogP contribution in [0.1, 0.15) is 61.8 Å². The summed E-state index contributed by atoms with van der Waals surface area (Å²) in [5, 5.41) is 8.44. The van der Waals surface area contributed by atoms with Crippen molar-refractivity contribution in [1.29, 1.82) is 0 Å². The van der Waals surface area contributed by atoms with E-state index < -0.39 is 0 Å². The Bertz CT molecular complexity index is 1340. The third kappa shape index (κ3) is 5.61. The van der Waals surface area contributed by atoms with E-state index in [4.69, 9.17) is 9.72 Å². The number of amides is 1. The van der Waals surface area contributed by atoms with E-state index in [0.29, 0.717) is 30.9 Å². The number of carbonyl (C=O) groups is 2. The number of benzene rings is 1. The highest BCUT2D eigenvalue weighted by atomic mass is 32.1. The highest BCUT2D eigenvalue weighted by Gasteiger charge is 2.34. The third-order valence-corrected chi connectivity index (χ3v) is 7.76. The van der Waals surface area contributed by atoms with Crippen LogP contribution in [0.5, 0.6) is 5.75 Å². The molecular weight excluding hydrogens is 486 g/mol. The Morgan fingerprint density at radius 3 is 2.95 bits per heavy atom. The third-order valence-electron chi connectivity index (χ3n) is 6.64. The fraction of sp³-hybridized carbons (Fsp3) is 0.429. The lowest BCUT2D eigenvalue weighted by atomic mass is 9.94. The number of allylic oxidation sites excluding steroid dienone is 2. The van der Waals surface area contributed by atoms with Gasteiger partial charge in [-0.1, -0.05) is 29.9 Å². The first-order chi connectivity index (χ1) is 17.8. The number of hydrogen-bond acceptors (Lipinski definition) is 7. The first-order valence-electron chi connectivity index (χ1n) is 12.9. The summed E-state index contributed by atoms with van der Waals surface area (Å²) in [6, 6.07) is 6.17. The van der Waals surface area contributed by atoms with Crippen molar-refractivity contribution in [2.75, 3.05) is 18.1 Å². The first kappa shape index (κ1) is 25.2. The van der Waals surface area contributed by atoms with Crippen molar-refractivity contribution >= 4 is 33.8 Å². The number of fused-ring (bicyclic) bond motifs is 2. The number of hydrogen-bond donors (Lipinski definition) is 1. The van der Waals surface area contributed by atoms with E-state index >= 15 is 0 Å². The Balaban J connectivity index is 1.29. The van der Waals surface area contributed by atoms with Crippen LogP contribution in [0.15, 0.2) is 42.7 Å². The van der Waals surface area contributed by atoms with E-state index in [9.17, 15) is 9.59 Å². The van der Waals surface area contributed by atoms with Crippen molar-refractivity contribution in [3.8, 4) is 16.9 Å². The predicted octanol–water partition coefficient (Wildman–Crippen LogP) is 5.31. The van der Waals surface area contributed by atoms with E-state index in [1.807, 2.05) is 37.7 Å². The molecule has 0 bridgehead atoms. The zero-order valence-electron chi connectivity index (χ0n) is 21.6.